The first kappa shape index (κ1) is 21.0. The van der Waals surface area contributed by atoms with Crippen LogP contribution in [0.15, 0.2) is 12.4 Å². The molecule has 2 heterocycles. The van der Waals surface area contributed by atoms with Gasteiger partial charge in [-0.15, -0.1) is 0 Å². The van der Waals surface area contributed by atoms with Crippen LogP contribution < -0.4 is 10.6 Å². The Kier molecular flexibility index (Phi) is 8.85. The van der Waals surface area contributed by atoms with Crippen LogP contribution in [0.5, 0.6) is 0 Å². The Morgan fingerprint density at radius 3 is 1.54 bits per heavy atom. The van der Waals surface area contributed by atoms with Gasteiger partial charge in [-0.1, -0.05) is 55.4 Å². The standard InChI is InChI=1S/C10H22N2.C10H16N2/c2*1-7(2)9-5-11-6-10(12-9)8(3)4/h7-12H,5-6H2,1-4H3;5-8H,1-4H3. The summed E-state index contributed by atoms with van der Waals surface area (Å²) in [5.41, 5.74) is 2.17. The summed E-state index contributed by atoms with van der Waals surface area (Å²) in [5.74, 6) is 2.41. The topological polar surface area (TPSA) is 49.8 Å². The molecule has 2 N–H and O–H groups in total. The molecule has 0 aliphatic carbocycles. The van der Waals surface area contributed by atoms with Crippen molar-refractivity contribution in [2.75, 3.05) is 13.1 Å². The van der Waals surface area contributed by atoms with Crippen molar-refractivity contribution >= 4 is 0 Å². The summed E-state index contributed by atoms with van der Waals surface area (Å²) in [6.07, 6.45) is 3.69. The molecule has 2 unspecified atom stereocenters. The minimum atomic E-state index is 0.469. The minimum Gasteiger partial charge on any atom is -0.314 e. The summed E-state index contributed by atoms with van der Waals surface area (Å²) in [6.45, 7) is 19.9. The van der Waals surface area contributed by atoms with Gasteiger partial charge in [-0.2, -0.15) is 0 Å². The number of aromatic nitrogens is 2. The van der Waals surface area contributed by atoms with E-state index in [1.807, 2.05) is 12.4 Å². The number of hydrogen-bond acceptors (Lipinski definition) is 4. The fourth-order valence-corrected chi connectivity index (χ4v) is 2.60. The largest absolute Gasteiger partial charge is 0.314 e. The third-order valence-electron chi connectivity index (χ3n) is 4.62. The Hall–Kier alpha value is -1.00. The predicted octanol–water partition coefficient (Wildman–Crippen LogP) is 3.95. The predicted molar refractivity (Wildman–Crippen MR) is 103 cm³/mol. The molecule has 2 atom stereocenters. The number of piperazine rings is 1. The molecule has 0 saturated carbocycles. The summed E-state index contributed by atoms with van der Waals surface area (Å²) >= 11 is 0. The number of nitrogens with zero attached hydrogens (tertiary/aromatic N) is 2. The zero-order valence-corrected chi connectivity index (χ0v) is 16.9. The lowest BCUT2D eigenvalue weighted by molar-refractivity contribution is 0.247. The summed E-state index contributed by atoms with van der Waals surface area (Å²) in [4.78, 5) is 8.67. The van der Waals surface area contributed by atoms with Crippen molar-refractivity contribution in [3.05, 3.63) is 23.8 Å². The molecule has 0 amide bonds. The first-order valence-corrected chi connectivity index (χ1v) is 9.50. The molecule has 2 rings (SSSR count). The SMILES string of the molecule is CC(C)C1CNCC(C(C)C)N1.CC(C)c1cncc(C(C)C)n1. The molecule has 4 nitrogen and oxygen atoms in total. The molecule has 0 radical (unpaired) electrons. The van der Waals surface area contributed by atoms with E-state index in [9.17, 15) is 0 Å². The smallest absolute Gasteiger partial charge is 0.0615 e. The average molecular weight is 335 g/mol. The third-order valence-corrected chi connectivity index (χ3v) is 4.62. The van der Waals surface area contributed by atoms with Gasteiger partial charge in [-0.3, -0.25) is 9.97 Å². The van der Waals surface area contributed by atoms with Gasteiger partial charge < -0.3 is 10.6 Å². The lowest BCUT2D eigenvalue weighted by Crippen LogP contribution is -2.58. The second-order valence-corrected chi connectivity index (χ2v) is 8.20. The quantitative estimate of drug-likeness (QED) is 0.875. The molecule has 4 heteroatoms. The van der Waals surface area contributed by atoms with Crippen LogP contribution >= 0.6 is 0 Å². The molecule has 1 aliphatic heterocycles. The monoisotopic (exact) mass is 334 g/mol. The molecule has 138 valence electrons. The van der Waals surface area contributed by atoms with Crippen molar-refractivity contribution in [2.24, 2.45) is 11.8 Å². The first-order chi connectivity index (χ1) is 11.2. The molecule has 0 spiro atoms. The van der Waals surface area contributed by atoms with Crippen LogP contribution in [0.4, 0.5) is 0 Å². The fourth-order valence-electron chi connectivity index (χ4n) is 2.60. The Morgan fingerprint density at radius 1 is 0.792 bits per heavy atom. The van der Waals surface area contributed by atoms with Crippen molar-refractivity contribution in [1.82, 2.24) is 20.6 Å². The van der Waals surface area contributed by atoms with Gasteiger partial charge in [0.15, 0.2) is 0 Å². The summed E-state index contributed by atoms with van der Waals surface area (Å²) < 4.78 is 0. The zero-order valence-electron chi connectivity index (χ0n) is 16.9. The second-order valence-electron chi connectivity index (χ2n) is 8.20. The molecule has 1 saturated heterocycles. The van der Waals surface area contributed by atoms with Crippen molar-refractivity contribution < 1.29 is 0 Å². The van der Waals surface area contributed by atoms with Crippen LogP contribution in [0.2, 0.25) is 0 Å². The molecule has 1 aliphatic rings. The molecule has 1 fully saturated rings. The van der Waals surface area contributed by atoms with E-state index in [0.717, 1.165) is 36.3 Å². The Labute approximate surface area is 149 Å². The number of rotatable bonds is 4. The second kappa shape index (κ2) is 10.1. The molecule has 24 heavy (non-hydrogen) atoms. The molecule has 1 aromatic heterocycles. The maximum Gasteiger partial charge on any atom is 0.0615 e. The third kappa shape index (κ3) is 6.86. The molecule has 1 aromatic rings. The Morgan fingerprint density at radius 2 is 1.21 bits per heavy atom. The van der Waals surface area contributed by atoms with Crippen molar-refractivity contribution in [3.8, 4) is 0 Å². The summed E-state index contributed by atoms with van der Waals surface area (Å²) in [6, 6.07) is 1.32. The fraction of sp³-hybridized carbons (Fsp3) is 0.800. The Bertz CT molecular complexity index is 431. The van der Waals surface area contributed by atoms with Gasteiger partial charge in [-0.05, 0) is 23.7 Å². The van der Waals surface area contributed by atoms with Crippen LogP contribution in [0, 0.1) is 11.8 Å². The van der Waals surface area contributed by atoms with Crippen LogP contribution in [-0.4, -0.2) is 35.1 Å². The average Bonchev–Trinajstić information content (AvgIpc) is 2.55. The highest BCUT2D eigenvalue weighted by Gasteiger charge is 2.24. The van der Waals surface area contributed by atoms with E-state index >= 15 is 0 Å². The molecule has 0 bridgehead atoms. The van der Waals surface area contributed by atoms with E-state index in [1.54, 1.807) is 0 Å². The van der Waals surface area contributed by atoms with Gasteiger partial charge in [0.2, 0.25) is 0 Å². The van der Waals surface area contributed by atoms with Gasteiger partial charge in [-0.25, -0.2) is 0 Å². The van der Waals surface area contributed by atoms with E-state index < -0.39 is 0 Å². The summed E-state index contributed by atoms with van der Waals surface area (Å²) in [5, 5.41) is 7.17. The van der Waals surface area contributed by atoms with Gasteiger partial charge in [0.1, 0.15) is 0 Å². The molecule has 0 aromatic carbocycles. The highest BCUT2D eigenvalue weighted by molar-refractivity contribution is 5.09. The van der Waals surface area contributed by atoms with Crippen LogP contribution in [0.3, 0.4) is 0 Å². The lowest BCUT2D eigenvalue weighted by Gasteiger charge is -2.36. The van der Waals surface area contributed by atoms with Gasteiger partial charge in [0.25, 0.3) is 0 Å². The van der Waals surface area contributed by atoms with Crippen molar-refractivity contribution in [2.45, 2.75) is 79.3 Å². The van der Waals surface area contributed by atoms with Crippen LogP contribution in [0.25, 0.3) is 0 Å². The number of nitrogens with one attached hydrogen (secondary N) is 2. The lowest BCUT2D eigenvalue weighted by atomic mass is 9.96. The van der Waals surface area contributed by atoms with Crippen LogP contribution in [-0.2, 0) is 0 Å². The number of hydrogen-bond donors (Lipinski definition) is 2. The maximum absolute atomic E-state index is 4.51. The first-order valence-electron chi connectivity index (χ1n) is 9.50. The van der Waals surface area contributed by atoms with E-state index in [2.05, 4.69) is 76.0 Å². The highest BCUT2D eigenvalue weighted by atomic mass is 15.1. The van der Waals surface area contributed by atoms with Crippen molar-refractivity contribution in [3.63, 3.8) is 0 Å². The van der Waals surface area contributed by atoms with Crippen LogP contribution in [0.1, 0.15) is 78.6 Å². The van der Waals surface area contributed by atoms with E-state index in [1.165, 1.54) is 0 Å². The summed E-state index contributed by atoms with van der Waals surface area (Å²) in [7, 11) is 0. The van der Waals surface area contributed by atoms with Crippen molar-refractivity contribution in [1.29, 1.82) is 0 Å². The Balaban J connectivity index is 0.000000240. The van der Waals surface area contributed by atoms with Gasteiger partial charge in [0.05, 0.1) is 11.4 Å². The minimum absolute atomic E-state index is 0.469. The highest BCUT2D eigenvalue weighted by Crippen LogP contribution is 2.14. The van der Waals surface area contributed by atoms with E-state index in [4.69, 9.17) is 0 Å². The maximum atomic E-state index is 4.51. The normalized spacial score (nSPS) is 21.3. The van der Waals surface area contributed by atoms with E-state index in [-0.39, 0.29) is 0 Å². The zero-order chi connectivity index (χ0) is 18.3. The van der Waals surface area contributed by atoms with E-state index in [0.29, 0.717) is 23.9 Å². The van der Waals surface area contributed by atoms with Gasteiger partial charge >= 0.3 is 0 Å². The van der Waals surface area contributed by atoms with Gasteiger partial charge in [0, 0.05) is 37.6 Å². The molecular formula is C20H38N4. The molecular weight excluding hydrogens is 296 g/mol.